The topological polar surface area (TPSA) is 81.4 Å². The first-order valence-corrected chi connectivity index (χ1v) is 7.77. The molecule has 2 aromatic rings. The number of benzene rings is 1. The molecule has 1 unspecified atom stereocenters. The molecule has 0 aliphatic carbocycles. The van der Waals surface area contributed by atoms with Crippen molar-refractivity contribution in [1.29, 1.82) is 0 Å². The summed E-state index contributed by atoms with van der Waals surface area (Å²) in [4.78, 5) is 0.213. The van der Waals surface area contributed by atoms with Gasteiger partial charge in [-0.15, -0.1) is 0 Å². The van der Waals surface area contributed by atoms with Crippen LogP contribution in [-0.2, 0) is 16.9 Å². The molecule has 0 saturated heterocycles. The molecule has 0 saturated carbocycles. The summed E-state index contributed by atoms with van der Waals surface area (Å²) in [7, 11) is -0.0436. The van der Waals surface area contributed by atoms with Gasteiger partial charge in [-0.25, -0.2) is 8.42 Å². The van der Waals surface area contributed by atoms with E-state index in [4.69, 9.17) is 4.74 Å². The predicted molar refractivity (Wildman–Crippen MR) is 73.4 cm³/mol. The first kappa shape index (κ1) is 14.5. The Morgan fingerprint density at radius 3 is 2.40 bits per heavy atom. The Labute approximate surface area is 117 Å². The van der Waals surface area contributed by atoms with Crippen LogP contribution in [0.2, 0.25) is 0 Å². The van der Waals surface area contributed by atoms with E-state index in [2.05, 4.69) is 5.10 Å². The molecule has 2 rings (SSSR count). The van der Waals surface area contributed by atoms with E-state index in [1.54, 1.807) is 19.2 Å². The fourth-order valence-corrected chi connectivity index (χ4v) is 2.58. The van der Waals surface area contributed by atoms with Crippen LogP contribution in [0.1, 0.15) is 17.4 Å². The van der Waals surface area contributed by atoms with Gasteiger partial charge in [-0.3, -0.25) is 4.68 Å². The second-order valence-corrected chi connectivity index (χ2v) is 6.48. The second-order valence-electron chi connectivity index (χ2n) is 4.47. The summed E-state index contributed by atoms with van der Waals surface area (Å²) in [6.45, 7) is 0. The molecule has 0 bridgehead atoms. The number of aliphatic hydroxyl groups excluding tert-OH is 1. The lowest BCUT2D eigenvalue weighted by Crippen LogP contribution is -2.08. The van der Waals surface area contributed by atoms with E-state index in [-0.39, 0.29) is 4.90 Å². The van der Waals surface area contributed by atoms with Crippen LogP contribution in [-0.4, -0.2) is 36.7 Å². The van der Waals surface area contributed by atoms with Crippen LogP contribution in [0.15, 0.2) is 35.4 Å². The Bertz CT molecular complexity index is 704. The molecule has 1 atom stereocenters. The Morgan fingerprint density at radius 1 is 1.30 bits per heavy atom. The molecule has 7 heteroatoms. The Balaban J connectivity index is 2.39. The fourth-order valence-electron chi connectivity index (χ4n) is 1.95. The van der Waals surface area contributed by atoms with Crippen LogP contribution in [0, 0.1) is 0 Å². The number of aryl methyl sites for hydroxylation is 1. The number of hydrogen-bond acceptors (Lipinski definition) is 5. The molecule has 0 fully saturated rings. The van der Waals surface area contributed by atoms with E-state index in [0.717, 1.165) is 6.26 Å². The monoisotopic (exact) mass is 296 g/mol. The molecule has 0 radical (unpaired) electrons. The van der Waals surface area contributed by atoms with Crippen LogP contribution in [0.5, 0.6) is 5.75 Å². The van der Waals surface area contributed by atoms with Gasteiger partial charge in [-0.1, -0.05) is 12.1 Å². The third kappa shape index (κ3) is 2.68. The van der Waals surface area contributed by atoms with Crippen molar-refractivity contribution in [3.05, 3.63) is 41.7 Å². The zero-order chi connectivity index (χ0) is 14.9. The minimum Gasteiger partial charge on any atom is -0.493 e. The van der Waals surface area contributed by atoms with Crippen molar-refractivity contribution in [3.8, 4) is 5.75 Å². The summed E-state index contributed by atoms with van der Waals surface area (Å²) >= 11 is 0. The molecular formula is C13H16N2O4S. The maximum atomic E-state index is 11.4. The van der Waals surface area contributed by atoms with Crippen molar-refractivity contribution in [1.82, 2.24) is 9.78 Å². The second kappa shape index (κ2) is 5.26. The first-order valence-electron chi connectivity index (χ1n) is 5.88. The highest BCUT2D eigenvalue weighted by atomic mass is 32.2. The van der Waals surface area contributed by atoms with Gasteiger partial charge in [-0.2, -0.15) is 5.10 Å². The zero-order valence-electron chi connectivity index (χ0n) is 11.4. The Hall–Kier alpha value is -1.86. The number of methoxy groups -OCH3 is 1. The highest BCUT2D eigenvalue weighted by Gasteiger charge is 2.20. The number of aromatic nitrogens is 2. The fraction of sp³-hybridized carbons (Fsp3) is 0.308. The third-order valence-corrected chi connectivity index (χ3v) is 4.18. The minimum atomic E-state index is -3.24. The van der Waals surface area contributed by atoms with E-state index in [0.29, 0.717) is 17.0 Å². The van der Waals surface area contributed by atoms with E-state index in [1.807, 2.05) is 0 Å². The number of hydrogen-bond donors (Lipinski definition) is 1. The van der Waals surface area contributed by atoms with Crippen molar-refractivity contribution in [2.45, 2.75) is 11.0 Å². The largest absolute Gasteiger partial charge is 0.493 e. The SMILES string of the molecule is COc1cnn(C)c1C(O)c1ccc(S(C)(=O)=O)cc1. The van der Waals surface area contributed by atoms with Gasteiger partial charge in [0.15, 0.2) is 15.6 Å². The highest BCUT2D eigenvalue weighted by Crippen LogP contribution is 2.29. The molecule has 1 heterocycles. The van der Waals surface area contributed by atoms with Crippen LogP contribution >= 0.6 is 0 Å². The summed E-state index contributed by atoms with van der Waals surface area (Å²) in [5.41, 5.74) is 1.08. The molecule has 0 amide bonds. The van der Waals surface area contributed by atoms with Gasteiger partial charge >= 0.3 is 0 Å². The minimum absolute atomic E-state index is 0.213. The molecule has 0 aliphatic rings. The van der Waals surface area contributed by atoms with Crippen LogP contribution in [0.25, 0.3) is 0 Å². The van der Waals surface area contributed by atoms with Crippen molar-refractivity contribution in [3.63, 3.8) is 0 Å². The maximum Gasteiger partial charge on any atom is 0.175 e. The van der Waals surface area contributed by atoms with Gasteiger partial charge in [0.25, 0.3) is 0 Å². The predicted octanol–water partition coefficient (Wildman–Crippen LogP) is 0.914. The molecule has 0 aliphatic heterocycles. The lowest BCUT2D eigenvalue weighted by atomic mass is 10.1. The number of nitrogens with zero attached hydrogens (tertiary/aromatic N) is 2. The van der Waals surface area contributed by atoms with Gasteiger partial charge in [0, 0.05) is 13.3 Å². The Morgan fingerprint density at radius 2 is 1.90 bits per heavy atom. The Kier molecular flexibility index (Phi) is 3.82. The summed E-state index contributed by atoms with van der Waals surface area (Å²) < 4.78 is 29.5. The molecule has 0 spiro atoms. The van der Waals surface area contributed by atoms with Crippen LogP contribution in [0.3, 0.4) is 0 Å². The lowest BCUT2D eigenvalue weighted by Gasteiger charge is -2.13. The summed E-state index contributed by atoms with van der Waals surface area (Å²) in [6, 6.07) is 6.09. The molecule has 6 nitrogen and oxygen atoms in total. The van der Waals surface area contributed by atoms with Crippen LogP contribution < -0.4 is 4.74 Å². The van der Waals surface area contributed by atoms with Crippen molar-refractivity contribution >= 4 is 9.84 Å². The van der Waals surface area contributed by atoms with E-state index >= 15 is 0 Å². The average Bonchev–Trinajstić information content (AvgIpc) is 2.78. The first-order chi connectivity index (χ1) is 9.34. The van der Waals surface area contributed by atoms with Gasteiger partial charge in [0.05, 0.1) is 18.2 Å². The molecule has 108 valence electrons. The highest BCUT2D eigenvalue weighted by molar-refractivity contribution is 7.90. The van der Waals surface area contributed by atoms with E-state index in [1.165, 1.54) is 30.1 Å². The number of sulfone groups is 1. The average molecular weight is 296 g/mol. The number of rotatable bonds is 4. The molecule has 1 N–H and O–H groups in total. The smallest absolute Gasteiger partial charge is 0.175 e. The number of ether oxygens (including phenoxy) is 1. The summed E-state index contributed by atoms with van der Waals surface area (Å²) in [6.07, 6.45) is 1.72. The van der Waals surface area contributed by atoms with E-state index in [9.17, 15) is 13.5 Å². The van der Waals surface area contributed by atoms with Gasteiger partial charge in [-0.05, 0) is 17.7 Å². The van der Waals surface area contributed by atoms with Gasteiger partial charge < -0.3 is 9.84 Å². The van der Waals surface area contributed by atoms with Crippen molar-refractivity contribution < 1.29 is 18.3 Å². The van der Waals surface area contributed by atoms with E-state index < -0.39 is 15.9 Å². The normalized spacial score (nSPS) is 13.2. The quantitative estimate of drug-likeness (QED) is 0.907. The summed E-state index contributed by atoms with van der Waals surface area (Å²) in [5, 5.41) is 14.4. The molecule has 20 heavy (non-hydrogen) atoms. The van der Waals surface area contributed by atoms with Crippen molar-refractivity contribution in [2.24, 2.45) is 7.05 Å². The molecule has 1 aromatic carbocycles. The maximum absolute atomic E-state index is 11.4. The van der Waals surface area contributed by atoms with Gasteiger partial charge in [0.2, 0.25) is 0 Å². The summed E-state index contributed by atoms with van der Waals surface area (Å²) in [5.74, 6) is 0.479. The lowest BCUT2D eigenvalue weighted by molar-refractivity contribution is 0.204. The zero-order valence-corrected chi connectivity index (χ0v) is 12.3. The molecule has 1 aromatic heterocycles. The van der Waals surface area contributed by atoms with Crippen LogP contribution in [0.4, 0.5) is 0 Å². The van der Waals surface area contributed by atoms with Gasteiger partial charge in [0.1, 0.15) is 11.8 Å². The standard InChI is InChI=1S/C13H16N2O4S/c1-15-12(11(19-2)8-14-15)13(16)9-4-6-10(7-5-9)20(3,17)18/h4-8,13,16H,1-3H3. The molecular weight excluding hydrogens is 280 g/mol. The van der Waals surface area contributed by atoms with Crippen molar-refractivity contribution in [2.75, 3.05) is 13.4 Å². The number of aliphatic hydroxyl groups is 1. The third-order valence-electron chi connectivity index (χ3n) is 3.05.